The van der Waals surface area contributed by atoms with Gasteiger partial charge in [0.25, 0.3) is 5.56 Å². The van der Waals surface area contributed by atoms with Gasteiger partial charge in [0.1, 0.15) is 5.75 Å². The van der Waals surface area contributed by atoms with Crippen LogP contribution in [-0.4, -0.2) is 16.9 Å². The van der Waals surface area contributed by atoms with Crippen molar-refractivity contribution in [1.82, 2.24) is 9.78 Å². The number of aromatic nitrogens is 2. The molecule has 2 aromatic rings. The Hall–Kier alpha value is -1.71. The number of hydrogen-bond acceptors (Lipinski definition) is 2. The third-order valence-corrected chi connectivity index (χ3v) is 2.45. The summed E-state index contributed by atoms with van der Waals surface area (Å²) in [5, 5.41) is 3.48. The number of nitrogens with zero attached hydrogens (tertiary/aromatic N) is 1. The lowest BCUT2D eigenvalue weighted by Gasteiger charge is -2.07. The normalized spacial score (nSPS) is 11.2. The van der Waals surface area contributed by atoms with Crippen LogP contribution in [0, 0.1) is 0 Å². The molecule has 1 aromatic carbocycles. The highest BCUT2D eigenvalue weighted by Crippen LogP contribution is 2.19. The third kappa shape index (κ3) is 1.52. The molecular weight excluding hydrogens is 192 g/mol. The van der Waals surface area contributed by atoms with Crippen LogP contribution in [0.2, 0.25) is 0 Å². The van der Waals surface area contributed by atoms with Crippen molar-refractivity contribution < 1.29 is 4.74 Å². The first-order valence-corrected chi connectivity index (χ1v) is 4.91. The molecule has 2 rings (SSSR count). The van der Waals surface area contributed by atoms with E-state index in [4.69, 9.17) is 4.74 Å². The molecule has 15 heavy (non-hydrogen) atoms. The van der Waals surface area contributed by atoms with Crippen molar-refractivity contribution in [1.29, 1.82) is 0 Å². The number of aromatic amines is 1. The Morgan fingerprint density at radius 3 is 2.73 bits per heavy atom. The second-order valence-corrected chi connectivity index (χ2v) is 3.79. The quantitative estimate of drug-likeness (QED) is 0.816. The van der Waals surface area contributed by atoms with Crippen molar-refractivity contribution in [2.45, 2.75) is 19.9 Å². The molecule has 0 aliphatic heterocycles. The zero-order valence-corrected chi connectivity index (χ0v) is 9.07. The number of rotatable bonds is 2. The topological polar surface area (TPSA) is 47.0 Å². The largest absolute Gasteiger partial charge is 0.497 e. The van der Waals surface area contributed by atoms with E-state index in [1.54, 1.807) is 13.2 Å². The summed E-state index contributed by atoms with van der Waals surface area (Å²) in [6.07, 6.45) is 0. The number of fused-ring (bicyclic) bond motifs is 1. The van der Waals surface area contributed by atoms with E-state index in [9.17, 15) is 4.79 Å². The smallest absolute Gasteiger partial charge is 0.272 e. The zero-order valence-electron chi connectivity index (χ0n) is 9.07. The molecule has 0 saturated carbocycles. The average molecular weight is 206 g/mol. The fraction of sp³-hybridized carbons (Fsp3) is 0.364. The maximum absolute atomic E-state index is 11.6. The summed E-state index contributed by atoms with van der Waals surface area (Å²) in [6, 6.07) is 5.75. The maximum atomic E-state index is 11.6. The minimum Gasteiger partial charge on any atom is -0.497 e. The Kier molecular flexibility index (Phi) is 2.26. The van der Waals surface area contributed by atoms with Gasteiger partial charge in [0.15, 0.2) is 0 Å². The molecule has 0 saturated heterocycles. The number of methoxy groups -OCH3 is 1. The van der Waals surface area contributed by atoms with E-state index < -0.39 is 0 Å². The molecule has 1 N–H and O–H groups in total. The van der Waals surface area contributed by atoms with Crippen LogP contribution in [0.5, 0.6) is 5.75 Å². The van der Waals surface area contributed by atoms with E-state index in [0.29, 0.717) is 11.1 Å². The maximum Gasteiger partial charge on any atom is 0.272 e. The van der Waals surface area contributed by atoms with Gasteiger partial charge in [-0.1, -0.05) is 0 Å². The van der Waals surface area contributed by atoms with Gasteiger partial charge in [-0.3, -0.25) is 14.6 Å². The van der Waals surface area contributed by atoms with Crippen molar-refractivity contribution in [2.24, 2.45) is 0 Å². The second-order valence-electron chi connectivity index (χ2n) is 3.79. The Morgan fingerprint density at radius 2 is 2.13 bits per heavy atom. The standard InChI is InChI=1S/C11H14N2O2/c1-7(2)13-10-5-4-8(15-3)6-9(10)11(14)12-13/h4-7H,1-3H3,(H,12,14). The average Bonchev–Trinajstić information content (AvgIpc) is 2.56. The fourth-order valence-electron chi connectivity index (χ4n) is 1.67. The lowest BCUT2D eigenvalue weighted by molar-refractivity contribution is 0.415. The number of nitrogens with one attached hydrogen (secondary N) is 1. The van der Waals surface area contributed by atoms with Crippen LogP contribution in [-0.2, 0) is 0 Å². The first kappa shape index (κ1) is 9.83. The van der Waals surface area contributed by atoms with Gasteiger partial charge in [-0.05, 0) is 32.0 Å². The van der Waals surface area contributed by atoms with E-state index in [1.807, 2.05) is 30.7 Å². The van der Waals surface area contributed by atoms with Crippen LogP contribution in [0.4, 0.5) is 0 Å². The van der Waals surface area contributed by atoms with E-state index >= 15 is 0 Å². The number of ether oxygens (including phenoxy) is 1. The van der Waals surface area contributed by atoms with E-state index in [0.717, 1.165) is 5.52 Å². The predicted octanol–water partition coefficient (Wildman–Crippen LogP) is 1.92. The summed E-state index contributed by atoms with van der Waals surface area (Å²) < 4.78 is 6.94. The van der Waals surface area contributed by atoms with Crippen LogP contribution < -0.4 is 10.3 Å². The predicted molar refractivity (Wildman–Crippen MR) is 59.5 cm³/mol. The lowest BCUT2D eigenvalue weighted by Crippen LogP contribution is -2.07. The van der Waals surface area contributed by atoms with E-state index in [2.05, 4.69) is 5.10 Å². The molecule has 0 unspecified atom stereocenters. The first-order valence-electron chi connectivity index (χ1n) is 4.91. The molecule has 4 heteroatoms. The monoisotopic (exact) mass is 206 g/mol. The van der Waals surface area contributed by atoms with Crippen LogP contribution >= 0.6 is 0 Å². The molecule has 0 spiro atoms. The van der Waals surface area contributed by atoms with Crippen molar-refractivity contribution in [3.8, 4) is 5.75 Å². The molecule has 0 aliphatic rings. The molecule has 1 aromatic heterocycles. The van der Waals surface area contributed by atoms with Crippen LogP contribution in [0.25, 0.3) is 10.9 Å². The molecule has 0 radical (unpaired) electrons. The minimum absolute atomic E-state index is 0.0717. The zero-order chi connectivity index (χ0) is 11.0. The summed E-state index contributed by atoms with van der Waals surface area (Å²) in [5.74, 6) is 0.703. The highest BCUT2D eigenvalue weighted by atomic mass is 16.5. The highest BCUT2D eigenvalue weighted by molar-refractivity contribution is 5.80. The summed E-state index contributed by atoms with van der Waals surface area (Å²) in [4.78, 5) is 11.6. The van der Waals surface area contributed by atoms with Gasteiger partial charge in [0.05, 0.1) is 18.0 Å². The Morgan fingerprint density at radius 1 is 1.40 bits per heavy atom. The third-order valence-electron chi connectivity index (χ3n) is 2.45. The summed E-state index contributed by atoms with van der Waals surface area (Å²) in [7, 11) is 1.59. The molecule has 4 nitrogen and oxygen atoms in total. The Labute approximate surface area is 87.5 Å². The molecule has 0 atom stereocenters. The van der Waals surface area contributed by atoms with Gasteiger partial charge >= 0.3 is 0 Å². The first-order chi connectivity index (χ1) is 7.13. The lowest BCUT2D eigenvalue weighted by atomic mass is 10.2. The molecule has 0 bridgehead atoms. The minimum atomic E-state index is -0.0717. The van der Waals surface area contributed by atoms with Gasteiger partial charge < -0.3 is 4.74 Å². The number of H-pyrrole nitrogens is 1. The van der Waals surface area contributed by atoms with Crippen LogP contribution in [0.15, 0.2) is 23.0 Å². The van der Waals surface area contributed by atoms with Gasteiger partial charge in [0, 0.05) is 6.04 Å². The van der Waals surface area contributed by atoms with Crippen molar-refractivity contribution in [2.75, 3.05) is 7.11 Å². The molecule has 0 aliphatic carbocycles. The van der Waals surface area contributed by atoms with E-state index in [-0.39, 0.29) is 11.6 Å². The van der Waals surface area contributed by atoms with Crippen LogP contribution in [0.1, 0.15) is 19.9 Å². The van der Waals surface area contributed by atoms with Crippen molar-refractivity contribution >= 4 is 10.9 Å². The molecule has 80 valence electrons. The second kappa shape index (κ2) is 3.46. The summed E-state index contributed by atoms with van der Waals surface area (Å²) >= 11 is 0. The van der Waals surface area contributed by atoms with Crippen molar-refractivity contribution in [3.05, 3.63) is 28.6 Å². The van der Waals surface area contributed by atoms with Gasteiger partial charge in [-0.15, -0.1) is 0 Å². The van der Waals surface area contributed by atoms with E-state index in [1.165, 1.54) is 0 Å². The summed E-state index contributed by atoms with van der Waals surface area (Å²) in [5.41, 5.74) is 0.841. The van der Waals surface area contributed by atoms with Gasteiger partial charge in [0.2, 0.25) is 0 Å². The van der Waals surface area contributed by atoms with Crippen LogP contribution in [0.3, 0.4) is 0 Å². The molecular formula is C11H14N2O2. The number of benzene rings is 1. The fourth-order valence-corrected chi connectivity index (χ4v) is 1.67. The van der Waals surface area contributed by atoms with Gasteiger partial charge in [-0.25, -0.2) is 0 Å². The van der Waals surface area contributed by atoms with Crippen molar-refractivity contribution in [3.63, 3.8) is 0 Å². The Bertz CT molecular complexity index is 537. The SMILES string of the molecule is COc1ccc2c(c1)c(=O)[nH]n2C(C)C. The van der Waals surface area contributed by atoms with Gasteiger partial charge in [-0.2, -0.15) is 0 Å². The molecule has 1 heterocycles. The molecule has 0 fully saturated rings. The Balaban J connectivity index is 2.75. The number of hydrogen-bond donors (Lipinski definition) is 1. The highest BCUT2D eigenvalue weighted by Gasteiger charge is 2.09. The molecule has 0 amide bonds. The summed E-state index contributed by atoms with van der Waals surface area (Å²) in [6.45, 7) is 4.05.